The first kappa shape index (κ1) is 16.4. The third kappa shape index (κ3) is 2.24. The molecule has 2 aliphatic carbocycles. The quantitative estimate of drug-likeness (QED) is 0.675. The Morgan fingerprint density at radius 2 is 1.93 bits per heavy atom. The van der Waals surface area contributed by atoms with Crippen molar-refractivity contribution < 1.29 is 14.2 Å². The number of hydrogen-bond acceptors (Lipinski definition) is 5. The van der Waals surface area contributed by atoms with E-state index in [1.54, 1.807) is 0 Å². The third-order valence-corrected chi connectivity index (χ3v) is 6.02. The van der Waals surface area contributed by atoms with Crippen molar-refractivity contribution in [3.8, 4) is 0 Å². The summed E-state index contributed by atoms with van der Waals surface area (Å²) in [5.41, 5.74) is 5.59. The van der Waals surface area contributed by atoms with E-state index in [1.165, 1.54) is 5.56 Å². The molecule has 0 saturated carbocycles. The number of ether oxygens (including phenoxy) is 3. The van der Waals surface area contributed by atoms with Gasteiger partial charge in [0.05, 0.1) is 11.2 Å². The lowest BCUT2D eigenvalue weighted by atomic mass is 9.67. The first-order chi connectivity index (χ1) is 13.8. The van der Waals surface area contributed by atoms with Crippen molar-refractivity contribution in [3.63, 3.8) is 0 Å². The van der Waals surface area contributed by atoms with Gasteiger partial charge in [-0.25, -0.2) is 0 Å². The molecular weight excluding hydrogens is 352 g/mol. The number of hydrogen-bond donors (Lipinski definition) is 0. The highest BCUT2D eigenvalue weighted by Crippen LogP contribution is 2.54. The zero-order chi connectivity index (χ0) is 18.7. The van der Waals surface area contributed by atoms with Gasteiger partial charge in [0.25, 0.3) is 6.48 Å². The van der Waals surface area contributed by atoms with E-state index in [2.05, 4.69) is 36.4 Å². The molecule has 5 heteroatoms. The van der Waals surface area contributed by atoms with Crippen molar-refractivity contribution >= 4 is 17.0 Å². The van der Waals surface area contributed by atoms with Gasteiger partial charge in [0, 0.05) is 36.2 Å². The molecule has 3 aliphatic rings. The van der Waals surface area contributed by atoms with Crippen molar-refractivity contribution in [3.05, 3.63) is 77.3 Å². The molecule has 3 unspecified atom stereocenters. The van der Waals surface area contributed by atoms with Crippen LogP contribution >= 0.6 is 0 Å². The first-order valence-corrected chi connectivity index (χ1v) is 9.78. The van der Waals surface area contributed by atoms with Crippen LogP contribution in [-0.4, -0.2) is 29.2 Å². The Hall–Kier alpha value is -2.60. The smallest absolute Gasteiger partial charge is 0.272 e. The van der Waals surface area contributed by atoms with E-state index in [9.17, 15) is 0 Å². The molecule has 0 bridgehead atoms. The van der Waals surface area contributed by atoms with Crippen LogP contribution < -0.4 is 0 Å². The molecule has 0 spiro atoms. The van der Waals surface area contributed by atoms with E-state index >= 15 is 0 Å². The fourth-order valence-electron chi connectivity index (χ4n) is 4.91. The average Bonchev–Trinajstić information content (AvgIpc) is 3.17. The largest absolute Gasteiger partial charge is 0.330 e. The molecule has 6 rings (SSSR count). The Morgan fingerprint density at radius 3 is 2.86 bits per heavy atom. The summed E-state index contributed by atoms with van der Waals surface area (Å²) in [5.74, 6) is 0.206. The van der Waals surface area contributed by atoms with Crippen LogP contribution in [0.3, 0.4) is 0 Å². The fourth-order valence-corrected chi connectivity index (χ4v) is 4.91. The zero-order valence-corrected chi connectivity index (χ0v) is 15.5. The van der Waals surface area contributed by atoms with E-state index in [1.807, 2.05) is 31.5 Å². The number of nitrogens with zero attached hydrogens (tertiary/aromatic N) is 2. The second-order valence-corrected chi connectivity index (χ2v) is 7.44. The summed E-state index contributed by atoms with van der Waals surface area (Å²) in [4.78, 5) is 9.52. The van der Waals surface area contributed by atoms with Gasteiger partial charge in [0.15, 0.2) is 0 Å². The van der Waals surface area contributed by atoms with Crippen LogP contribution in [0.25, 0.3) is 17.0 Å². The molecule has 0 N–H and O–H groups in total. The van der Waals surface area contributed by atoms with E-state index in [-0.39, 0.29) is 24.0 Å². The fraction of sp³-hybridized carbons (Fsp3) is 0.304. The van der Waals surface area contributed by atoms with Crippen LogP contribution in [0.5, 0.6) is 0 Å². The summed E-state index contributed by atoms with van der Waals surface area (Å²) in [5, 5.41) is 1.13. The van der Waals surface area contributed by atoms with Gasteiger partial charge in [-0.2, -0.15) is 0 Å². The molecule has 2 aromatic heterocycles. The maximum atomic E-state index is 6.22. The summed E-state index contributed by atoms with van der Waals surface area (Å²) in [6.07, 6.45) is 7.84. The highest BCUT2D eigenvalue weighted by molar-refractivity contribution is 5.85. The molecule has 140 valence electrons. The van der Waals surface area contributed by atoms with Gasteiger partial charge in [-0.05, 0) is 35.7 Å². The van der Waals surface area contributed by atoms with Gasteiger partial charge in [-0.15, -0.1) is 0 Å². The minimum atomic E-state index is -0.635. The van der Waals surface area contributed by atoms with Gasteiger partial charge < -0.3 is 14.2 Å². The van der Waals surface area contributed by atoms with E-state index in [0.29, 0.717) is 6.61 Å². The average molecular weight is 372 g/mol. The van der Waals surface area contributed by atoms with Crippen LogP contribution in [0.2, 0.25) is 0 Å². The predicted octanol–water partition coefficient (Wildman–Crippen LogP) is 4.19. The second kappa shape index (κ2) is 6.21. The molecule has 0 radical (unpaired) electrons. The highest BCUT2D eigenvalue weighted by atomic mass is 16.9. The summed E-state index contributed by atoms with van der Waals surface area (Å²) in [6.45, 7) is 1.86. The van der Waals surface area contributed by atoms with E-state index in [4.69, 9.17) is 24.2 Å². The lowest BCUT2D eigenvalue weighted by Gasteiger charge is -2.40. The SMILES string of the molecule is CCOC1O[C@@H]2c3ccc4cccnc4c3C3c4ncccc4C=CC3[C@H]2O1. The Balaban J connectivity index is 1.62. The topological polar surface area (TPSA) is 53.5 Å². The predicted molar refractivity (Wildman–Crippen MR) is 104 cm³/mol. The molecule has 5 atom stereocenters. The van der Waals surface area contributed by atoms with Gasteiger partial charge in [-0.3, -0.25) is 9.97 Å². The van der Waals surface area contributed by atoms with Crippen molar-refractivity contribution in [1.29, 1.82) is 0 Å². The van der Waals surface area contributed by atoms with Crippen molar-refractivity contribution in [2.24, 2.45) is 5.92 Å². The zero-order valence-electron chi connectivity index (χ0n) is 15.5. The normalized spacial score (nSPS) is 29.8. The Kier molecular flexibility index (Phi) is 3.63. The number of fused-ring (bicyclic) bond motifs is 10. The van der Waals surface area contributed by atoms with Crippen LogP contribution in [0.4, 0.5) is 0 Å². The van der Waals surface area contributed by atoms with E-state index < -0.39 is 6.48 Å². The maximum Gasteiger partial charge on any atom is 0.272 e. The second-order valence-electron chi connectivity index (χ2n) is 7.44. The minimum Gasteiger partial charge on any atom is -0.330 e. The summed E-state index contributed by atoms with van der Waals surface area (Å²) in [7, 11) is 0. The van der Waals surface area contributed by atoms with Crippen LogP contribution in [0, 0.1) is 5.92 Å². The van der Waals surface area contributed by atoms with Gasteiger partial charge in [-0.1, -0.05) is 36.4 Å². The molecule has 1 aromatic carbocycles. The van der Waals surface area contributed by atoms with E-state index in [0.717, 1.165) is 27.7 Å². The molecular formula is C23H20N2O3. The van der Waals surface area contributed by atoms with Gasteiger partial charge >= 0.3 is 0 Å². The van der Waals surface area contributed by atoms with Crippen LogP contribution in [0.1, 0.15) is 41.3 Å². The summed E-state index contributed by atoms with van der Waals surface area (Å²) < 4.78 is 18.1. The lowest BCUT2D eigenvalue weighted by molar-refractivity contribution is -0.241. The van der Waals surface area contributed by atoms with Crippen molar-refractivity contribution in [2.45, 2.75) is 31.5 Å². The monoisotopic (exact) mass is 372 g/mol. The van der Waals surface area contributed by atoms with Crippen molar-refractivity contribution in [2.75, 3.05) is 6.61 Å². The molecule has 0 amide bonds. The Bertz CT molecular complexity index is 1100. The molecule has 1 fully saturated rings. The molecule has 28 heavy (non-hydrogen) atoms. The number of aromatic nitrogens is 2. The Labute approximate surface area is 163 Å². The molecule has 1 aliphatic heterocycles. The third-order valence-electron chi connectivity index (χ3n) is 6.02. The molecule has 5 nitrogen and oxygen atoms in total. The first-order valence-electron chi connectivity index (χ1n) is 9.78. The summed E-state index contributed by atoms with van der Waals surface area (Å²) >= 11 is 0. The van der Waals surface area contributed by atoms with Crippen molar-refractivity contribution in [1.82, 2.24) is 9.97 Å². The summed E-state index contributed by atoms with van der Waals surface area (Å²) in [6, 6.07) is 12.5. The number of benzene rings is 1. The maximum absolute atomic E-state index is 6.22. The number of pyridine rings is 2. The van der Waals surface area contributed by atoms with Crippen LogP contribution in [0.15, 0.2) is 54.9 Å². The minimum absolute atomic E-state index is 0.0834. The molecule has 3 heterocycles. The lowest BCUT2D eigenvalue weighted by Crippen LogP contribution is -2.37. The van der Waals surface area contributed by atoms with Gasteiger partial charge in [0.1, 0.15) is 12.2 Å². The van der Waals surface area contributed by atoms with Crippen LogP contribution in [-0.2, 0) is 14.2 Å². The Morgan fingerprint density at radius 1 is 1.04 bits per heavy atom. The number of rotatable bonds is 2. The molecule has 3 aromatic rings. The highest BCUT2D eigenvalue weighted by Gasteiger charge is 2.52. The standard InChI is InChI=1S/C23H20N2O3/c1-2-26-23-27-21-15-9-7-13-5-3-11-24-19(13)17(15)18-16(22(21)28-23)10-8-14-6-4-12-25-20(14)18/h3-12,15,17,21-23H,2H2,1H3/t15?,17?,21-,22-,23?/m1/s1. The van der Waals surface area contributed by atoms with Gasteiger partial charge in [0.2, 0.25) is 0 Å². The molecule has 1 saturated heterocycles.